The van der Waals surface area contributed by atoms with Crippen LogP contribution < -0.4 is 0 Å². The van der Waals surface area contributed by atoms with Crippen LogP contribution in [-0.2, 0) is 0 Å². The van der Waals surface area contributed by atoms with Gasteiger partial charge in [0.05, 0.1) is 13.2 Å². The Morgan fingerprint density at radius 2 is 1.50 bits per heavy atom. The number of nitrogens with zero attached hydrogens (tertiary/aromatic N) is 1. The van der Waals surface area contributed by atoms with Crippen molar-refractivity contribution in [3.05, 3.63) is 0 Å². The lowest BCUT2D eigenvalue weighted by molar-refractivity contribution is 0.135. The molecule has 0 saturated carbocycles. The van der Waals surface area contributed by atoms with Crippen molar-refractivity contribution in [3.8, 4) is 0 Å². The van der Waals surface area contributed by atoms with E-state index in [0.29, 0.717) is 19.1 Å². The van der Waals surface area contributed by atoms with E-state index >= 15 is 0 Å². The smallest absolute Gasteiger partial charge is 0.0558 e. The second kappa shape index (κ2) is 5.65. The number of hydrogen-bond acceptors (Lipinski definition) is 3. The van der Waals surface area contributed by atoms with Gasteiger partial charge in [-0.15, -0.1) is 0 Å². The fraction of sp³-hybridized carbons (Fsp3) is 1.00. The van der Waals surface area contributed by atoms with Crippen molar-refractivity contribution in [2.75, 3.05) is 26.3 Å². The van der Waals surface area contributed by atoms with Crippen LogP contribution in [0.1, 0.15) is 13.8 Å². The van der Waals surface area contributed by atoms with Crippen molar-refractivity contribution >= 4 is 0 Å². The molecular formula is C7H17NO2. The Kier molecular flexibility index (Phi) is 5.58. The predicted molar refractivity (Wildman–Crippen MR) is 40.9 cm³/mol. The number of aliphatic hydroxyl groups is 2. The highest BCUT2D eigenvalue weighted by Gasteiger charge is 2.05. The molecule has 0 heterocycles. The van der Waals surface area contributed by atoms with Gasteiger partial charge in [-0.25, -0.2) is 0 Å². The molecule has 62 valence electrons. The highest BCUT2D eigenvalue weighted by molar-refractivity contribution is 4.60. The lowest BCUT2D eigenvalue weighted by Crippen LogP contribution is -2.35. The first-order valence-corrected chi connectivity index (χ1v) is 3.68. The molecule has 2 N–H and O–H groups in total. The largest absolute Gasteiger partial charge is 0.395 e. The summed E-state index contributed by atoms with van der Waals surface area (Å²) in [5, 5.41) is 17.2. The van der Waals surface area contributed by atoms with Gasteiger partial charge in [-0.3, -0.25) is 4.90 Å². The Morgan fingerprint density at radius 1 is 1.10 bits per heavy atom. The Bertz CT molecular complexity index is 70.0. The molecule has 0 atom stereocenters. The fourth-order valence-corrected chi connectivity index (χ4v) is 0.885. The van der Waals surface area contributed by atoms with E-state index in [4.69, 9.17) is 10.2 Å². The molecule has 0 aromatic heterocycles. The molecule has 0 unspecified atom stereocenters. The first kappa shape index (κ1) is 9.88. The zero-order valence-corrected chi connectivity index (χ0v) is 6.75. The number of rotatable bonds is 5. The summed E-state index contributed by atoms with van der Waals surface area (Å²) in [6, 6.07) is 0.402. The Labute approximate surface area is 62.3 Å². The van der Waals surface area contributed by atoms with Gasteiger partial charge in [-0.2, -0.15) is 0 Å². The van der Waals surface area contributed by atoms with Crippen LogP contribution in [0.4, 0.5) is 0 Å². The third kappa shape index (κ3) is 3.82. The Balaban J connectivity index is 3.50. The molecule has 0 aliphatic heterocycles. The lowest BCUT2D eigenvalue weighted by Gasteiger charge is -2.24. The van der Waals surface area contributed by atoms with E-state index in [1.807, 2.05) is 18.7 Å². The van der Waals surface area contributed by atoms with Gasteiger partial charge in [0, 0.05) is 19.1 Å². The molecule has 0 aromatic carbocycles. The molecule has 0 radical (unpaired) electrons. The zero-order chi connectivity index (χ0) is 7.98. The minimum atomic E-state index is 0.165. The molecule has 0 spiro atoms. The Hall–Kier alpha value is -0.120. The second-order valence-corrected chi connectivity index (χ2v) is 2.58. The van der Waals surface area contributed by atoms with Crippen LogP contribution in [0.2, 0.25) is 0 Å². The summed E-state index contributed by atoms with van der Waals surface area (Å²) in [6.07, 6.45) is 0. The van der Waals surface area contributed by atoms with Gasteiger partial charge in [-0.05, 0) is 13.8 Å². The van der Waals surface area contributed by atoms with Crippen LogP contribution in [0.15, 0.2) is 0 Å². The zero-order valence-electron chi connectivity index (χ0n) is 6.75. The number of hydrogen-bond donors (Lipinski definition) is 2. The summed E-state index contributed by atoms with van der Waals surface area (Å²) in [6.45, 7) is 5.73. The van der Waals surface area contributed by atoms with E-state index < -0.39 is 0 Å². The van der Waals surface area contributed by atoms with Gasteiger partial charge < -0.3 is 10.2 Å². The van der Waals surface area contributed by atoms with E-state index in [1.165, 1.54) is 0 Å². The molecule has 0 bridgehead atoms. The summed E-state index contributed by atoms with van der Waals surface area (Å²) in [7, 11) is 0. The van der Waals surface area contributed by atoms with Gasteiger partial charge in [-0.1, -0.05) is 0 Å². The van der Waals surface area contributed by atoms with Gasteiger partial charge >= 0.3 is 0 Å². The molecule has 0 aliphatic rings. The SMILES string of the molecule is CC(C)N(CCO)CCO. The summed E-state index contributed by atoms with van der Waals surface area (Å²) >= 11 is 0. The van der Waals surface area contributed by atoms with Gasteiger partial charge in [0.15, 0.2) is 0 Å². The first-order chi connectivity index (χ1) is 4.72. The summed E-state index contributed by atoms with van der Waals surface area (Å²) in [5.41, 5.74) is 0. The Morgan fingerprint density at radius 3 is 1.70 bits per heavy atom. The molecule has 0 saturated heterocycles. The highest BCUT2D eigenvalue weighted by atomic mass is 16.3. The van der Waals surface area contributed by atoms with E-state index in [0.717, 1.165) is 0 Å². The molecule has 0 aliphatic carbocycles. The van der Waals surface area contributed by atoms with E-state index in [2.05, 4.69) is 0 Å². The molecule has 3 heteroatoms. The standard InChI is InChI=1S/C7H17NO2/c1-7(2)8(3-5-9)4-6-10/h7,9-10H,3-6H2,1-2H3. The summed E-state index contributed by atoms with van der Waals surface area (Å²) < 4.78 is 0. The van der Waals surface area contributed by atoms with Crippen LogP contribution in [-0.4, -0.2) is 47.5 Å². The third-order valence-corrected chi connectivity index (χ3v) is 1.50. The normalized spacial score (nSPS) is 11.4. The summed E-state index contributed by atoms with van der Waals surface area (Å²) in [5.74, 6) is 0. The monoisotopic (exact) mass is 147 g/mol. The summed E-state index contributed by atoms with van der Waals surface area (Å²) in [4.78, 5) is 2.03. The quantitative estimate of drug-likeness (QED) is 0.560. The van der Waals surface area contributed by atoms with Crippen LogP contribution in [0.25, 0.3) is 0 Å². The second-order valence-electron chi connectivity index (χ2n) is 2.58. The maximum atomic E-state index is 8.59. The first-order valence-electron chi connectivity index (χ1n) is 3.68. The van der Waals surface area contributed by atoms with Crippen LogP contribution in [0.3, 0.4) is 0 Å². The topological polar surface area (TPSA) is 43.7 Å². The minimum Gasteiger partial charge on any atom is -0.395 e. The van der Waals surface area contributed by atoms with Crippen LogP contribution >= 0.6 is 0 Å². The van der Waals surface area contributed by atoms with Gasteiger partial charge in [0.2, 0.25) is 0 Å². The average molecular weight is 147 g/mol. The van der Waals surface area contributed by atoms with Crippen molar-refractivity contribution in [2.24, 2.45) is 0 Å². The van der Waals surface area contributed by atoms with E-state index in [-0.39, 0.29) is 13.2 Å². The van der Waals surface area contributed by atoms with Crippen LogP contribution in [0, 0.1) is 0 Å². The highest BCUT2D eigenvalue weighted by Crippen LogP contribution is 1.94. The molecular weight excluding hydrogens is 130 g/mol. The maximum Gasteiger partial charge on any atom is 0.0558 e. The lowest BCUT2D eigenvalue weighted by atomic mass is 10.3. The minimum absolute atomic E-state index is 0.165. The van der Waals surface area contributed by atoms with Crippen molar-refractivity contribution in [2.45, 2.75) is 19.9 Å². The molecule has 0 aromatic rings. The van der Waals surface area contributed by atoms with Crippen molar-refractivity contribution in [3.63, 3.8) is 0 Å². The molecule has 3 nitrogen and oxygen atoms in total. The average Bonchev–Trinajstić information content (AvgIpc) is 1.87. The maximum absolute atomic E-state index is 8.59. The number of aliphatic hydroxyl groups excluding tert-OH is 2. The molecule has 0 fully saturated rings. The third-order valence-electron chi connectivity index (χ3n) is 1.50. The van der Waals surface area contributed by atoms with Crippen molar-refractivity contribution in [1.29, 1.82) is 0 Å². The van der Waals surface area contributed by atoms with Gasteiger partial charge in [0.25, 0.3) is 0 Å². The van der Waals surface area contributed by atoms with Crippen LogP contribution in [0.5, 0.6) is 0 Å². The van der Waals surface area contributed by atoms with E-state index in [1.54, 1.807) is 0 Å². The fourth-order valence-electron chi connectivity index (χ4n) is 0.885. The van der Waals surface area contributed by atoms with Crippen molar-refractivity contribution in [1.82, 2.24) is 4.90 Å². The molecule has 0 rings (SSSR count). The predicted octanol–water partition coefficient (Wildman–Crippen LogP) is -0.319. The molecule has 10 heavy (non-hydrogen) atoms. The van der Waals surface area contributed by atoms with Crippen molar-refractivity contribution < 1.29 is 10.2 Å². The van der Waals surface area contributed by atoms with E-state index in [9.17, 15) is 0 Å². The molecule has 0 amide bonds. The van der Waals surface area contributed by atoms with Gasteiger partial charge in [0.1, 0.15) is 0 Å².